The minimum atomic E-state index is -0.0258. The Morgan fingerprint density at radius 3 is 2.60 bits per heavy atom. The number of hydrogen-bond donors (Lipinski definition) is 2. The Morgan fingerprint density at radius 1 is 1.25 bits per heavy atom. The first-order valence-corrected chi connectivity index (χ1v) is 7.70. The van der Waals surface area contributed by atoms with Gasteiger partial charge in [-0.1, -0.05) is 25.0 Å². The van der Waals surface area contributed by atoms with Crippen LogP contribution in [0.1, 0.15) is 58.1 Å². The molecule has 3 heteroatoms. The third-order valence-electron chi connectivity index (χ3n) is 4.33. The second kappa shape index (κ2) is 6.89. The summed E-state index contributed by atoms with van der Waals surface area (Å²) < 4.78 is 0. The van der Waals surface area contributed by atoms with E-state index in [2.05, 4.69) is 36.6 Å². The first kappa shape index (κ1) is 15.0. The largest absolute Gasteiger partial charge is 0.326 e. The van der Waals surface area contributed by atoms with Crippen LogP contribution in [0.3, 0.4) is 0 Å². The zero-order chi connectivity index (χ0) is 14.5. The lowest BCUT2D eigenvalue weighted by Crippen LogP contribution is -2.34. The van der Waals surface area contributed by atoms with E-state index in [1.54, 1.807) is 0 Å². The number of anilines is 1. The molecule has 2 rings (SSSR count). The van der Waals surface area contributed by atoms with E-state index in [9.17, 15) is 4.79 Å². The average Bonchev–Trinajstić information content (AvgIpc) is 2.92. The van der Waals surface area contributed by atoms with Crippen molar-refractivity contribution in [2.45, 2.75) is 58.5 Å². The molecule has 2 atom stereocenters. The molecule has 1 fully saturated rings. The van der Waals surface area contributed by atoms with Crippen LogP contribution >= 0.6 is 0 Å². The van der Waals surface area contributed by atoms with Gasteiger partial charge in [0.05, 0.1) is 0 Å². The molecule has 0 heterocycles. The summed E-state index contributed by atoms with van der Waals surface area (Å²) in [5.74, 6) is 0.790. The number of carbonyl (C=O) groups excluding carboxylic acids is 1. The molecule has 0 aliphatic heterocycles. The molecule has 1 unspecified atom stereocenters. The number of rotatable bonds is 5. The number of benzene rings is 1. The number of nitrogens with one attached hydrogen (secondary N) is 2. The number of carbonyl (C=O) groups is 1. The molecule has 2 N–H and O–H groups in total. The Balaban J connectivity index is 1.97. The normalized spacial score (nSPS) is 18.8. The van der Waals surface area contributed by atoms with Gasteiger partial charge in [-0.3, -0.25) is 4.79 Å². The van der Waals surface area contributed by atoms with Gasteiger partial charge in [0, 0.05) is 24.7 Å². The van der Waals surface area contributed by atoms with Crippen molar-refractivity contribution in [1.82, 2.24) is 5.32 Å². The molecule has 110 valence electrons. The maximum atomic E-state index is 11.1. The second-order valence-electron chi connectivity index (χ2n) is 6.03. The summed E-state index contributed by atoms with van der Waals surface area (Å²) in [6, 6.07) is 8.96. The van der Waals surface area contributed by atoms with Crippen molar-refractivity contribution in [3.8, 4) is 0 Å². The Hall–Kier alpha value is -1.35. The average molecular weight is 274 g/mol. The predicted octanol–water partition coefficient (Wildman–Crippen LogP) is 3.87. The molecule has 1 aromatic rings. The summed E-state index contributed by atoms with van der Waals surface area (Å²) in [5, 5.41) is 6.55. The van der Waals surface area contributed by atoms with Crippen molar-refractivity contribution in [3.05, 3.63) is 29.8 Å². The van der Waals surface area contributed by atoms with Gasteiger partial charge in [0.25, 0.3) is 0 Å². The van der Waals surface area contributed by atoms with Crippen LogP contribution in [0, 0.1) is 5.92 Å². The van der Waals surface area contributed by atoms with E-state index in [1.165, 1.54) is 38.2 Å². The number of hydrogen-bond acceptors (Lipinski definition) is 2. The fourth-order valence-electron chi connectivity index (χ4n) is 3.17. The van der Waals surface area contributed by atoms with Gasteiger partial charge < -0.3 is 10.6 Å². The fraction of sp³-hybridized carbons (Fsp3) is 0.588. The van der Waals surface area contributed by atoms with Gasteiger partial charge in [-0.05, 0) is 50.3 Å². The fourth-order valence-corrected chi connectivity index (χ4v) is 3.17. The lowest BCUT2D eigenvalue weighted by Gasteiger charge is -2.25. The lowest BCUT2D eigenvalue weighted by molar-refractivity contribution is -0.114. The van der Waals surface area contributed by atoms with Gasteiger partial charge in [0.15, 0.2) is 0 Å². The zero-order valence-electron chi connectivity index (χ0n) is 12.8. The van der Waals surface area contributed by atoms with Crippen LogP contribution in [0.5, 0.6) is 0 Å². The SMILES string of the molecule is CC(=O)Nc1cccc(C(C)N[C@H](C)C2CCCC2)c1. The van der Waals surface area contributed by atoms with Crippen LogP contribution in [0.4, 0.5) is 5.69 Å². The van der Waals surface area contributed by atoms with Gasteiger partial charge in [-0.25, -0.2) is 0 Å². The standard InChI is InChI=1S/C17H26N2O/c1-12(15-7-4-5-8-15)18-13(2)16-9-6-10-17(11-16)19-14(3)20/h6,9-13,15,18H,4-5,7-8H2,1-3H3,(H,19,20)/t12-,13?/m1/s1. The maximum absolute atomic E-state index is 11.1. The molecule has 1 aliphatic carbocycles. The van der Waals surface area contributed by atoms with Crippen molar-refractivity contribution in [2.24, 2.45) is 5.92 Å². The van der Waals surface area contributed by atoms with E-state index in [4.69, 9.17) is 0 Å². The topological polar surface area (TPSA) is 41.1 Å². The molecule has 1 saturated carbocycles. The summed E-state index contributed by atoms with van der Waals surface area (Å²) in [4.78, 5) is 11.1. The van der Waals surface area contributed by atoms with Gasteiger partial charge >= 0.3 is 0 Å². The van der Waals surface area contributed by atoms with Crippen LogP contribution < -0.4 is 10.6 Å². The molecule has 0 spiro atoms. The van der Waals surface area contributed by atoms with Crippen LogP contribution in [0.15, 0.2) is 24.3 Å². The molecule has 0 saturated heterocycles. The summed E-state index contributed by atoms with van der Waals surface area (Å²) in [6.07, 6.45) is 5.46. The summed E-state index contributed by atoms with van der Waals surface area (Å²) in [6.45, 7) is 6.03. The van der Waals surface area contributed by atoms with Crippen LogP contribution in [0.25, 0.3) is 0 Å². The van der Waals surface area contributed by atoms with E-state index in [1.807, 2.05) is 12.1 Å². The molecule has 1 aromatic carbocycles. The monoisotopic (exact) mass is 274 g/mol. The first-order chi connectivity index (χ1) is 9.56. The minimum Gasteiger partial charge on any atom is -0.326 e. The Morgan fingerprint density at radius 2 is 1.95 bits per heavy atom. The molecule has 0 bridgehead atoms. The van der Waals surface area contributed by atoms with Crippen molar-refractivity contribution < 1.29 is 4.79 Å². The van der Waals surface area contributed by atoms with Crippen LogP contribution in [-0.2, 0) is 4.79 Å². The second-order valence-corrected chi connectivity index (χ2v) is 6.03. The van der Waals surface area contributed by atoms with E-state index < -0.39 is 0 Å². The van der Waals surface area contributed by atoms with Gasteiger partial charge in [0.1, 0.15) is 0 Å². The van der Waals surface area contributed by atoms with E-state index in [-0.39, 0.29) is 5.91 Å². The smallest absolute Gasteiger partial charge is 0.221 e. The summed E-state index contributed by atoms with van der Waals surface area (Å²) in [7, 11) is 0. The molecule has 1 aliphatic rings. The molecular weight excluding hydrogens is 248 g/mol. The minimum absolute atomic E-state index is 0.0258. The Kier molecular flexibility index (Phi) is 5.18. The molecule has 20 heavy (non-hydrogen) atoms. The third kappa shape index (κ3) is 4.07. The van der Waals surface area contributed by atoms with Crippen molar-refractivity contribution in [1.29, 1.82) is 0 Å². The highest BCUT2D eigenvalue weighted by Crippen LogP contribution is 2.29. The lowest BCUT2D eigenvalue weighted by atomic mass is 9.97. The van der Waals surface area contributed by atoms with Crippen molar-refractivity contribution in [2.75, 3.05) is 5.32 Å². The van der Waals surface area contributed by atoms with Crippen LogP contribution in [-0.4, -0.2) is 11.9 Å². The van der Waals surface area contributed by atoms with Crippen LogP contribution in [0.2, 0.25) is 0 Å². The van der Waals surface area contributed by atoms with Gasteiger partial charge in [-0.15, -0.1) is 0 Å². The highest BCUT2D eigenvalue weighted by Gasteiger charge is 2.22. The highest BCUT2D eigenvalue weighted by atomic mass is 16.1. The quantitative estimate of drug-likeness (QED) is 0.855. The molecule has 0 aromatic heterocycles. The van der Waals surface area contributed by atoms with Gasteiger partial charge in [0.2, 0.25) is 5.91 Å². The van der Waals surface area contributed by atoms with Crippen molar-refractivity contribution in [3.63, 3.8) is 0 Å². The van der Waals surface area contributed by atoms with E-state index >= 15 is 0 Å². The predicted molar refractivity (Wildman–Crippen MR) is 83.7 cm³/mol. The zero-order valence-corrected chi connectivity index (χ0v) is 12.8. The third-order valence-corrected chi connectivity index (χ3v) is 4.33. The number of amides is 1. The Labute approximate surface area is 122 Å². The molecule has 3 nitrogen and oxygen atoms in total. The molecule has 1 amide bonds. The Bertz CT molecular complexity index is 452. The maximum Gasteiger partial charge on any atom is 0.221 e. The van der Waals surface area contributed by atoms with E-state index in [0.29, 0.717) is 12.1 Å². The molecular formula is C17H26N2O. The summed E-state index contributed by atoms with van der Waals surface area (Å²) >= 11 is 0. The summed E-state index contributed by atoms with van der Waals surface area (Å²) in [5.41, 5.74) is 2.10. The van der Waals surface area contributed by atoms with Crippen molar-refractivity contribution >= 4 is 11.6 Å². The van der Waals surface area contributed by atoms with E-state index in [0.717, 1.165) is 11.6 Å². The van der Waals surface area contributed by atoms with Gasteiger partial charge in [-0.2, -0.15) is 0 Å². The molecule has 0 radical (unpaired) electrons. The first-order valence-electron chi connectivity index (χ1n) is 7.70. The highest BCUT2D eigenvalue weighted by molar-refractivity contribution is 5.88.